The number of rotatable bonds is 3. The highest BCUT2D eigenvalue weighted by Gasteiger charge is 2.30. The van der Waals surface area contributed by atoms with Crippen LogP contribution in [0.4, 0.5) is 0 Å². The van der Waals surface area contributed by atoms with Gasteiger partial charge in [0.15, 0.2) is 5.82 Å². The summed E-state index contributed by atoms with van der Waals surface area (Å²) in [5, 5.41) is 19.7. The first-order valence-electron chi connectivity index (χ1n) is 8.61. The number of fused-ring (bicyclic) bond motifs is 1. The van der Waals surface area contributed by atoms with E-state index >= 15 is 0 Å². The Hall–Kier alpha value is -3.10. The SMILES string of the molecule is CC(C)c1nnc2n1[C@@H](C)CN(C(=O)c1ccc(-n3cnnn3)cc1)C2. The lowest BCUT2D eigenvalue weighted by Gasteiger charge is -2.33. The Balaban J connectivity index is 1.55. The molecule has 0 fully saturated rings. The van der Waals surface area contributed by atoms with Crippen molar-refractivity contribution in [2.24, 2.45) is 0 Å². The van der Waals surface area contributed by atoms with Crippen molar-refractivity contribution >= 4 is 5.91 Å². The minimum Gasteiger partial charge on any atom is -0.329 e. The molecule has 3 heterocycles. The molecule has 1 aliphatic heterocycles. The van der Waals surface area contributed by atoms with Crippen LogP contribution < -0.4 is 0 Å². The average Bonchev–Trinajstić information content (AvgIpc) is 3.31. The fourth-order valence-corrected chi connectivity index (χ4v) is 3.33. The zero-order chi connectivity index (χ0) is 18.3. The van der Waals surface area contributed by atoms with Gasteiger partial charge >= 0.3 is 0 Å². The van der Waals surface area contributed by atoms with Gasteiger partial charge in [0.05, 0.1) is 18.3 Å². The monoisotopic (exact) mass is 352 g/mol. The average molecular weight is 352 g/mol. The van der Waals surface area contributed by atoms with Crippen LogP contribution in [0.1, 0.15) is 54.7 Å². The second kappa shape index (κ2) is 6.32. The summed E-state index contributed by atoms with van der Waals surface area (Å²) in [7, 11) is 0. The van der Waals surface area contributed by atoms with Crippen LogP contribution in [0.25, 0.3) is 5.69 Å². The Morgan fingerprint density at radius 2 is 1.96 bits per heavy atom. The predicted octanol–water partition coefficient (Wildman–Crippen LogP) is 1.59. The molecule has 4 rings (SSSR count). The van der Waals surface area contributed by atoms with Crippen LogP contribution in [0.2, 0.25) is 0 Å². The van der Waals surface area contributed by atoms with E-state index in [1.807, 2.05) is 17.0 Å². The van der Waals surface area contributed by atoms with Crippen LogP contribution in [0, 0.1) is 0 Å². The number of aromatic nitrogens is 7. The maximum absolute atomic E-state index is 12.9. The molecule has 9 heteroatoms. The Morgan fingerprint density at radius 3 is 2.62 bits per heavy atom. The van der Waals surface area contributed by atoms with Crippen molar-refractivity contribution in [1.29, 1.82) is 0 Å². The molecular weight excluding hydrogens is 332 g/mol. The number of hydrogen-bond donors (Lipinski definition) is 0. The van der Waals surface area contributed by atoms with E-state index in [1.54, 1.807) is 16.8 Å². The first-order chi connectivity index (χ1) is 12.5. The molecule has 0 N–H and O–H groups in total. The number of amides is 1. The zero-order valence-electron chi connectivity index (χ0n) is 14.9. The van der Waals surface area contributed by atoms with E-state index in [2.05, 4.69) is 51.1 Å². The van der Waals surface area contributed by atoms with E-state index < -0.39 is 0 Å². The van der Waals surface area contributed by atoms with Gasteiger partial charge in [-0.05, 0) is 41.6 Å². The molecule has 134 valence electrons. The van der Waals surface area contributed by atoms with Gasteiger partial charge < -0.3 is 9.47 Å². The summed E-state index contributed by atoms with van der Waals surface area (Å²) in [6, 6.07) is 7.40. The Morgan fingerprint density at radius 1 is 1.19 bits per heavy atom. The van der Waals surface area contributed by atoms with Crippen molar-refractivity contribution in [3.8, 4) is 5.69 Å². The van der Waals surface area contributed by atoms with Crippen LogP contribution >= 0.6 is 0 Å². The number of tetrazole rings is 1. The van der Waals surface area contributed by atoms with Gasteiger partial charge in [-0.25, -0.2) is 4.68 Å². The second-order valence-corrected chi connectivity index (χ2v) is 6.84. The van der Waals surface area contributed by atoms with Crippen molar-refractivity contribution in [2.75, 3.05) is 6.54 Å². The molecular formula is C17H20N8O. The van der Waals surface area contributed by atoms with Crippen molar-refractivity contribution in [3.05, 3.63) is 47.8 Å². The van der Waals surface area contributed by atoms with Crippen LogP contribution in [0.5, 0.6) is 0 Å². The summed E-state index contributed by atoms with van der Waals surface area (Å²) < 4.78 is 3.71. The molecule has 3 aromatic rings. The molecule has 2 aromatic heterocycles. The molecule has 1 aliphatic rings. The lowest BCUT2D eigenvalue weighted by atomic mass is 10.1. The summed E-state index contributed by atoms with van der Waals surface area (Å²) in [6.45, 7) is 7.41. The molecule has 0 radical (unpaired) electrons. The number of carbonyl (C=O) groups is 1. The quantitative estimate of drug-likeness (QED) is 0.710. The van der Waals surface area contributed by atoms with Crippen molar-refractivity contribution in [3.63, 3.8) is 0 Å². The summed E-state index contributed by atoms with van der Waals surface area (Å²) in [5.74, 6) is 2.11. The largest absolute Gasteiger partial charge is 0.329 e. The summed E-state index contributed by atoms with van der Waals surface area (Å²) in [4.78, 5) is 14.7. The third-order valence-corrected chi connectivity index (χ3v) is 4.58. The maximum atomic E-state index is 12.9. The molecule has 1 atom stereocenters. The molecule has 0 spiro atoms. The van der Waals surface area contributed by atoms with Gasteiger partial charge in [-0.3, -0.25) is 4.79 Å². The zero-order valence-corrected chi connectivity index (χ0v) is 14.9. The highest BCUT2D eigenvalue weighted by atomic mass is 16.2. The van der Waals surface area contributed by atoms with Gasteiger partial charge in [-0.1, -0.05) is 13.8 Å². The molecule has 0 aliphatic carbocycles. The number of benzene rings is 1. The standard InChI is InChI=1S/C17H20N8O/c1-11(2)16-20-19-15-9-23(8-12(3)25(15)16)17(26)13-4-6-14(7-5-13)24-10-18-21-22-24/h4-7,10-12H,8-9H2,1-3H3/t12-/m0/s1. The first-order valence-corrected chi connectivity index (χ1v) is 8.61. The first kappa shape index (κ1) is 16.4. The third kappa shape index (κ3) is 2.75. The molecule has 0 unspecified atom stereocenters. The van der Waals surface area contributed by atoms with E-state index in [1.165, 1.54) is 6.33 Å². The van der Waals surface area contributed by atoms with Gasteiger partial charge in [-0.2, -0.15) is 0 Å². The van der Waals surface area contributed by atoms with Crippen LogP contribution in [0.3, 0.4) is 0 Å². The van der Waals surface area contributed by atoms with Crippen LogP contribution in [0.15, 0.2) is 30.6 Å². The molecule has 1 amide bonds. The minimum absolute atomic E-state index is 0.0135. The van der Waals surface area contributed by atoms with E-state index in [4.69, 9.17) is 0 Å². The third-order valence-electron chi connectivity index (χ3n) is 4.58. The van der Waals surface area contributed by atoms with Crippen molar-refractivity contribution in [1.82, 2.24) is 39.9 Å². The van der Waals surface area contributed by atoms with Gasteiger partial charge in [0.25, 0.3) is 5.91 Å². The molecule has 0 saturated heterocycles. The summed E-state index contributed by atoms with van der Waals surface area (Å²) in [5.41, 5.74) is 1.44. The van der Waals surface area contributed by atoms with E-state index in [0.717, 1.165) is 17.3 Å². The minimum atomic E-state index is -0.0135. The number of nitrogens with zero attached hydrogens (tertiary/aromatic N) is 8. The predicted molar refractivity (Wildman–Crippen MR) is 92.7 cm³/mol. The second-order valence-electron chi connectivity index (χ2n) is 6.84. The highest BCUT2D eigenvalue weighted by molar-refractivity contribution is 5.94. The van der Waals surface area contributed by atoms with Gasteiger partial charge in [0, 0.05) is 18.0 Å². The lowest BCUT2D eigenvalue weighted by molar-refractivity contribution is 0.0679. The molecule has 1 aromatic carbocycles. The van der Waals surface area contributed by atoms with Crippen molar-refractivity contribution in [2.45, 2.75) is 39.3 Å². The van der Waals surface area contributed by atoms with Gasteiger partial charge in [-0.15, -0.1) is 15.3 Å². The van der Waals surface area contributed by atoms with E-state index in [-0.39, 0.29) is 11.9 Å². The Bertz CT molecular complexity index is 913. The fraction of sp³-hybridized carbons (Fsp3) is 0.412. The number of carbonyl (C=O) groups excluding carboxylic acids is 1. The fourth-order valence-electron chi connectivity index (χ4n) is 3.33. The van der Waals surface area contributed by atoms with Crippen LogP contribution in [-0.4, -0.2) is 52.3 Å². The smallest absolute Gasteiger partial charge is 0.254 e. The number of hydrogen-bond acceptors (Lipinski definition) is 6. The van der Waals surface area contributed by atoms with Gasteiger partial charge in [0.2, 0.25) is 0 Å². The topological polar surface area (TPSA) is 94.6 Å². The Kier molecular flexibility index (Phi) is 3.98. The summed E-state index contributed by atoms with van der Waals surface area (Å²) >= 11 is 0. The summed E-state index contributed by atoms with van der Waals surface area (Å²) in [6.07, 6.45) is 1.52. The molecule has 26 heavy (non-hydrogen) atoms. The highest BCUT2D eigenvalue weighted by Crippen LogP contribution is 2.26. The normalized spacial score (nSPS) is 16.8. The van der Waals surface area contributed by atoms with Crippen molar-refractivity contribution < 1.29 is 4.79 Å². The molecule has 0 bridgehead atoms. The Labute approximate surface area is 150 Å². The van der Waals surface area contributed by atoms with Crippen LogP contribution in [-0.2, 0) is 6.54 Å². The van der Waals surface area contributed by atoms with E-state index in [9.17, 15) is 4.79 Å². The van der Waals surface area contributed by atoms with E-state index in [0.29, 0.717) is 24.6 Å². The maximum Gasteiger partial charge on any atom is 0.254 e. The molecule has 0 saturated carbocycles. The van der Waals surface area contributed by atoms with Gasteiger partial charge in [0.1, 0.15) is 12.2 Å². The molecule has 9 nitrogen and oxygen atoms in total. The lowest BCUT2D eigenvalue weighted by Crippen LogP contribution is -2.40.